The first-order valence-corrected chi connectivity index (χ1v) is 5.74. The molecule has 90 valence electrons. The van der Waals surface area contributed by atoms with Crippen molar-refractivity contribution in [2.75, 3.05) is 7.05 Å². The summed E-state index contributed by atoms with van der Waals surface area (Å²) >= 11 is 3.04. The molecule has 1 aromatic carbocycles. The van der Waals surface area contributed by atoms with Crippen LogP contribution in [0, 0.1) is 11.6 Å². The number of aromatic nitrogens is 2. The summed E-state index contributed by atoms with van der Waals surface area (Å²) in [5.41, 5.74) is -0.0585. The summed E-state index contributed by atoms with van der Waals surface area (Å²) in [5, 5.41) is 2.84. The molecule has 3 nitrogen and oxygen atoms in total. The van der Waals surface area contributed by atoms with Crippen molar-refractivity contribution in [1.29, 1.82) is 0 Å². The highest BCUT2D eigenvalue weighted by atomic mass is 79.9. The summed E-state index contributed by atoms with van der Waals surface area (Å²) in [5.74, 6) is -0.773. The zero-order chi connectivity index (χ0) is 12.4. The second-order valence-corrected chi connectivity index (χ2v) is 4.31. The molecule has 0 amide bonds. The van der Waals surface area contributed by atoms with Gasteiger partial charge in [0.25, 0.3) is 0 Å². The minimum atomic E-state index is -0.650. The number of imidazole rings is 1. The SMILES string of the molecule is CNC(c1ncc[nH]1)c1c(F)ccc(Br)c1F. The standard InChI is InChI=1S/C11H10BrF2N3/c1-15-10(11-16-4-5-17-11)8-7(13)3-2-6(12)9(8)14/h2-5,10,15H,1H3,(H,16,17). The quantitative estimate of drug-likeness (QED) is 0.856. The third kappa shape index (κ3) is 2.23. The fourth-order valence-corrected chi connectivity index (χ4v) is 2.01. The summed E-state index contributed by atoms with van der Waals surface area (Å²) in [6.45, 7) is 0. The molecule has 0 bridgehead atoms. The number of halogens is 3. The number of benzene rings is 1. The van der Waals surface area contributed by atoms with Gasteiger partial charge in [-0.2, -0.15) is 0 Å². The van der Waals surface area contributed by atoms with E-state index in [1.807, 2.05) is 0 Å². The van der Waals surface area contributed by atoms with Crippen LogP contribution in [0.2, 0.25) is 0 Å². The van der Waals surface area contributed by atoms with E-state index in [1.54, 1.807) is 13.2 Å². The molecule has 6 heteroatoms. The van der Waals surface area contributed by atoms with Gasteiger partial charge < -0.3 is 10.3 Å². The minimum Gasteiger partial charge on any atom is -0.347 e. The zero-order valence-electron chi connectivity index (χ0n) is 8.97. The van der Waals surface area contributed by atoms with E-state index in [1.165, 1.54) is 18.3 Å². The number of H-pyrrole nitrogens is 1. The van der Waals surface area contributed by atoms with Gasteiger partial charge in [-0.05, 0) is 35.1 Å². The van der Waals surface area contributed by atoms with E-state index in [9.17, 15) is 8.78 Å². The summed E-state index contributed by atoms with van der Waals surface area (Å²) < 4.78 is 27.9. The number of aromatic amines is 1. The molecule has 0 saturated heterocycles. The van der Waals surface area contributed by atoms with Gasteiger partial charge in [0.15, 0.2) is 0 Å². The van der Waals surface area contributed by atoms with Crippen molar-refractivity contribution in [1.82, 2.24) is 15.3 Å². The number of hydrogen-bond donors (Lipinski definition) is 2. The van der Waals surface area contributed by atoms with Crippen LogP contribution in [0.3, 0.4) is 0 Å². The number of nitrogens with zero attached hydrogens (tertiary/aromatic N) is 1. The van der Waals surface area contributed by atoms with E-state index >= 15 is 0 Å². The van der Waals surface area contributed by atoms with Crippen molar-refractivity contribution < 1.29 is 8.78 Å². The lowest BCUT2D eigenvalue weighted by molar-refractivity contribution is 0.510. The molecule has 17 heavy (non-hydrogen) atoms. The van der Waals surface area contributed by atoms with E-state index in [4.69, 9.17) is 0 Å². The Hall–Kier alpha value is -1.27. The van der Waals surface area contributed by atoms with Crippen molar-refractivity contribution in [3.05, 3.63) is 52.0 Å². The molecule has 0 aliphatic heterocycles. The van der Waals surface area contributed by atoms with Crippen LogP contribution in [0.25, 0.3) is 0 Å². The zero-order valence-corrected chi connectivity index (χ0v) is 10.6. The van der Waals surface area contributed by atoms with Crippen LogP contribution in [0.4, 0.5) is 8.78 Å². The molecule has 0 aliphatic carbocycles. The van der Waals surface area contributed by atoms with Crippen LogP contribution in [-0.2, 0) is 0 Å². The minimum absolute atomic E-state index is 0.0585. The Balaban J connectivity index is 2.55. The average Bonchev–Trinajstić information content (AvgIpc) is 2.83. The van der Waals surface area contributed by atoms with Gasteiger partial charge in [-0.1, -0.05) is 0 Å². The third-order valence-corrected chi connectivity index (χ3v) is 3.06. The van der Waals surface area contributed by atoms with E-state index in [-0.39, 0.29) is 10.0 Å². The lowest BCUT2D eigenvalue weighted by atomic mass is 10.1. The predicted octanol–water partition coefficient (Wildman–Crippen LogP) is 2.76. The van der Waals surface area contributed by atoms with E-state index < -0.39 is 17.7 Å². The van der Waals surface area contributed by atoms with Gasteiger partial charge in [0, 0.05) is 18.0 Å². The smallest absolute Gasteiger partial charge is 0.145 e. The largest absolute Gasteiger partial charge is 0.347 e. The van der Waals surface area contributed by atoms with Crippen molar-refractivity contribution in [3.63, 3.8) is 0 Å². The topological polar surface area (TPSA) is 40.7 Å². The maximum Gasteiger partial charge on any atom is 0.145 e. The Morgan fingerprint density at radius 1 is 1.41 bits per heavy atom. The van der Waals surface area contributed by atoms with Crippen LogP contribution >= 0.6 is 15.9 Å². The third-order valence-electron chi connectivity index (χ3n) is 2.45. The monoisotopic (exact) mass is 301 g/mol. The van der Waals surface area contributed by atoms with Gasteiger partial charge in [0.05, 0.1) is 10.5 Å². The molecule has 2 aromatic rings. The Morgan fingerprint density at radius 3 is 2.76 bits per heavy atom. The lowest BCUT2D eigenvalue weighted by Gasteiger charge is -2.16. The molecule has 0 aliphatic rings. The number of hydrogen-bond acceptors (Lipinski definition) is 2. The molecule has 0 spiro atoms. The normalized spacial score (nSPS) is 12.7. The Bertz CT molecular complexity index is 514. The molecular formula is C11H10BrF2N3. The maximum atomic E-state index is 13.9. The first kappa shape index (κ1) is 12.2. The Labute approximate surface area is 105 Å². The van der Waals surface area contributed by atoms with E-state index in [2.05, 4.69) is 31.2 Å². The van der Waals surface area contributed by atoms with Crippen molar-refractivity contribution in [3.8, 4) is 0 Å². The van der Waals surface area contributed by atoms with Crippen LogP contribution in [0.5, 0.6) is 0 Å². The molecule has 2 N–H and O–H groups in total. The lowest BCUT2D eigenvalue weighted by Crippen LogP contribution is -2.21. The summed E-state index contributed by atoms with van der Waals surface area (Å²) in [4.78, 5) is 6.85. The highest BCUT2D eigenvalue weighted by Gasteiger charge is 2.23. The molecule has 1 heterocycles. The van der Waals surface area contributed by atoms with Gasteiger partial charge in [-0.15, -0.1) is 0 Å². The predicted molar refractivity (Wildman–Crippen MR) is 63.5 cm³/mol. The van der Waals surface area contributed by atoms with Crippen molar-refractivity contribution in [2.45, 2.75) is 6.04 Å². The van der Waals surface area contributed by atoms with Crippen molar-refractivity contribution in [2.24, 2.45) is 0 Å². The molecular weight excluding hydrogens is 292 g/mol. The molecule has 0 saturated carbocycles. The van der Waals surface area contributed by atoms with Gasteiger partial charge in [-0.3, -0.25) is 0 Å². The van der Waals surface area contributed by atoms with Crippen LogP contribution in [0.1, 0.15) is 17.4 Å². The fraction of sp³-hybridized carbons (Fsp3) is 0.182. The molecule has 1 unspecified atom stereocenters. The van der Waals surface area contributed by atoms with Crippen LogP contribution in [0.15, 0.2) is 29.0 Å². The van der Waals surface area contributed by atoms with Gasteiger partial charge >= 0.3 is 0 Å². The summed E-state index contributed by atoms with van der Waals surface area (Å²) in [6, 6.07) is 1.90. The molecule has 0 fully saturated rings. The molecule has 1 atom stereocenters. The van der Waals surface area contributed by atoms with Crippen LogP contribution < -0.4 is 5.32 Å². The Morgan fingerprint density at radius 2 is 2.18 bits per heavy atom. The summed E-state index contributed by atoms with van der Waals surface area (Å²) in [7, 11) is 1.62. The first-order valence-electron chi connectivity index (χ1n) is 4.95. The molecule has 1 aromatic heterocycles. The van der Waals surface area contributed by atoms with Crippen LogP contribution in [-0.4, -0.2) is 17.0 Å². The fourth-order valence-electron chi connectivity index (χ4n) is 1.66. The van der Waals surface area contributed by atoms with Gasteiger partial charge in [0.1, 0.15) is 17.5 Å². The Kier molecular flexibility index (Phi) is 3.54. The highest BCUT2D eigenvalue weighted by molar-refractivity contribution is 9.10. The van der Waals surface area contributed by atoms with E-state index in [0.717, 1.165) is 0 Å². The average molecular weight is 302 g/mol. The molecule has 0 radical (unpaired) electrons. The van der Waals surface area contributed by atoms with Crippen molar-refractivity contribution >= 4 is 15.9 Å². The maximum absolute atomic E-state index is 13.9. The first-order chi connectivity index (χ1) is 8.15. The second kappa shape index (κ2) is 4.93. The summed E-state index contributed by atoms with van der Waals surface area (Å²) in [6.07, 6.45) is 3.14. The second-order valence-electron chi connectivity index (χ2n) is 3.45. The molecule has 2 rings (SSSR count). The number of nitrogens with one attached hydrogen (secondary N) is 2. The van der Waals surface area contributed by atoms with E-state index in [0.29, 0.717) is 5.82 Å². The van der Waals surface area contributed by atoms with Gasteiger partial charge in [-0.25, -0.2) is 13.8 Å². The van der Waals surface area contributed by atoms with Gasteiger partial charge in [0.2, 0.25) is 0 Å². The number of rotatable bonds is 3. The highest BCUT2D eigenvalue weighted by Crippen LogP contribution is 2.29.